The van der Waals surface area contributed by atoms with Crippen LogP contribution in [-0.2, 0) is 26.2 Å². The van der Waals surface area contributed by atoms with Gasteiger partial charge in [-0.15, -0.1) is 0 Å². The summed E-state index contributed by atoms with van der Waals surface area (Å²) in [5, 5.41) is 3.04. The third-order valence-corrected chi connectivity index (χ3v) is 7.99. The first kappa shape index (κ1) is 29.0. The summed E-state index contributed by atoms with van der Waals surface area (Å²) < 4.78 is 34.6. The molecule has 0 saturated carbocycles. The number of carbonyl (C=O) groups is 2. The van der Waals surface area contributed by atoms with Gasteiger partial charge in [0.2, 0.25) is 11.8 Å². The van der Waals surface area contributed by atoms with Crippen molar-refractivity contribution in [3.05, 3.63) is 88.9 Å². The van der Waals surface area contributed by atoms with Crippen LogP contribution in [-0.4, -0.2) is 51.4 Å². The second-order valence-corrected chi connectivity index (χ2v) is 11.0. The molecule has 1 atom stereocenters. The van der Waals surface area contributed by atoms with Crippen molar-refractivity contribution in [2.45, 2.75) is 38.3 Å². The van der Waals surface area contributed by atoms with Gasteiger partial charge >= 0.3 is 0 Å². The van der Waals surface area contributed by atoms with Crippen molar-refractivity contribution in [3.63, 3.8) is 0 Å². The van der Waals surface area contributed by atoms with Crippen molar-refractivity contribution in [1.82, 2.24) is 10.2 Å². The van der Waals surface area contributed by atoms with Gasteiger partial charge in [-0.2, -0.15) is 0 Å². The molecule has 0 spiro atoms. The molecule has 0 saturated heterocycles. The summed E-state index contributed by atoms with van der Waals surface area (Å²) in [6, 6.07) is 19.1. The van der Waals surface area contributed by atoms with Crippen LogP contribution in [0.5, 0.6) is 5.75 Å². The average Bonchev–Trinajstić information content (AvgIpc) is 2.90. The third-order valence-electron chi connectivity index (χ3n) is 5.98. The summed E-state index contributed by atoms with van der Waals surface area (Å²) in [6.07, 6.45) is 0. The fourth-order valence-electron chi connectivity index (χ4n) is 3.92. The van der Waals surface area contributed by atoms with E-state index >= 15 is 0 Å². The number of benzene rings is 3. The van der Waals surface area contributed by atoms with E-state index in [1.54, 1.807) is 74.5 Å². The van der Waals surface area contributed by atoms with Crippen LogP contribution in [0.3, 0.4) is 0 Å². The van der Waals surface area contributed by atoms with Crippen LogP contribution in [0.1, 0.15) is 25.0 Å². The van der Waals surface area contributed by atoms with E-state index in [1.165, 1.54) is 24.1 Å². The minimum absolute atomic E-state index is 0.0305. The maximum absolute atomic E-state index is 13.9. The van der Waals surface area contributed by atoms with Crippen molar-refractivity contribution >= 4 is 39.1 Å². The zero-order valence-corrected chi connectivity index (χ0v) is 23.4. The monoisotopic (exact) mass is 557 g/mol. The number of aryl methyl sites for hydroxylation is 1. The molecule has 3 aromatic rings. The van der Waals surface area contributed by atoms with Crippen LogP contribution in [0.15, 0.2) is 77.7 Å². The lowest BCUT2D eigenvalue weighted by Gasteiger charge is -2.32. The molecule has 0 bridgehead atoms. The quantitative estimate of drug-likeness (QED) is 0.377. The Morgan fingerprint density at radius 3 is 2.34 bits per heavy atom. The van der Waals surface area contributed by atoms with Crippen molar-refractivity contribution in [3.8, 4) is 5.75 Å². The molecule has 0 fully saturated rings. The Hall–Kier alpha value is -3.56. The van der Waals surface area contributed by atoms with Crippen LogP contribution in [0.2, 0.25) is 5.02 Å². The van der Waals surface area contributed by atoms with Crippen molar-refractivity contribution in [1.29, 1.82) is 0 Å². The van der Waals surface area contributed by atoms with Gasteiger partial charge in [0.15, 0.2) is 0 Å². The number of nitrogens with zero attached hydrogens (tertiary/aromatic N) is 2. The number of para-hydroxylation sites is 2. The van der Waals surface area contributed by atoms with Gasteiger partial charge in [0.25, 0.3) is 10.0 Å². The second-order valence-electron chi connectivity index (χ2n) is 8.67. The number of rotatable bonds is 11. The minimum atomic E-state index is -4.19. The molecule has 3 rings (SSSR count). The maximum Gasteiger partial charge on any atom is 0.264 e. The molecule has 0 aromatic heterocycles. The number of amides is 2. The van der Waals surface area contributed by atoms with Gasteiger partial charge in [0.1, 0.15) is 18.3 Å². The smallest absolute Gasteiger partial charge is 0.264 e. The van der Waals surface area contributed by atoms with Gasteiger partial charge in [-0.1, -0.05) is 53.6 Å². The number of anilines is 1. The highest BCUT2D eigenvalue weighted by molar-refractivity contribution is 7.92. The summed E-state index contributed by atoms with van der Waals surface area (Å²) in [6.45, 7) is 5.04. The molecule has 1 N–H and O–H groups in total. The van der Waals surface area contributed by atoms with Crippen molar-refractivity contribution in [2.24, 2.45) is 0 Å². The van der Waals surface area contributed by atoms with Crippen LogP contribution in [0.4, 0.5) is 5.69 Å². The maximum atomic E-state index is 13.9. The van der Waals surface area contributed by atoms with Crippen LogP contribution in [0, 0.1) is 6.92 Å². The number of hydrogen-bond acceptors (Lipinski definition) is 5. The van der Waals surface area contributed by atoms with E-state index in [1.807, 2.05) is 6.92 Å². The number of sulfonamides is 1. The highest BCUT2D eigenvalue weighted by atomic mass is 35.5. The van der Waals surface area contributed by atoms with E-state index in [2.05, 4.69) is 5.32 Å². The predicted octanol–water partition coefficient (Wildman–Crippen LogP) is 4.41. The highest BCUT2D eigenvalue weighted by Gasteiger charge is 2.33. The first-order chi connectivity index (χ1) is 18.1. The largest absolute Gasteiger partial charge is 0.492 e. The molecule has 0 aliphatic rings. The lowest BCUT2D eigenvalue weighted by atomic mass is 10.1. The Morgan fingerprint density at radius 2 is 1.71 bits per heavy atom. The Kier molecular flexibility index (Phi) is 9.77. The SMILES string of the molecule is CCOc1ccccc1N(CC(=O)N(Cc1cccc(Cl)c1)[C@H](C)C(=O)NC)S(=O)(=O)c1ccc(C)cc1. The molecule has 202 valence electrons. The molecule has 2 amide bonds. The molecule has 0 unspecified atom stereocenters. The lowest BCUT2D eigenvalue weighted by Crippen LogP contribution is -2.50. The Morgan fingerprint density at radius 1 is 1.03 bits per heavy atom. The predicted molar refractivity (Wildman–Crippen MR) is 149 cm³/mol. The summed E-state index contributed by atoms with van der Waals surface area (Å²) in [5.41, 5.74) is 1.82. The fourth-order valence-corrected chi connectivity index (χ4v) is 5.55. The average molecular weight is 558 g/mol. The van der Waals surface area contributed by atoms with Gasteiger partial charge in [0.05, 0.1) is 17.2 Å². The van der Waals surface area contributed by atoms with E-state index in [9.17, 15) is 18.0 Å². The molecule has 0 heterocycles. The molecule has 10 heteroatoms. The molecule has 0 aliphatic carbocycles. The molecule has 38 heavy (non-hydrogen) atoms. The minimum Gasteiger partial charge on any atom is -0.492 e. The number of likely N-dealkylation sites (N-methyl/N-ethyl adjacent to an activating group) is 1. The molecule has 3 aromatic carbocycles. The third kappa shape index (κ3) is 6.85. The first-order valence-electron chi connectivity index (χ1n) is 12.1. The van der Waals surface area contributed by atoms with Gasteiger partial charge < -0.3 is 15.0 Å². The van der Waals surface area contributed by atoms with E-state index < -0.39 is 28.5 Å². The number of nitrogens with one attached hydrogen (secondary N) is 1. The highest BCUT2D eigenvalue weighted by Crippen LogP contribution is 2.33. The lowest BCUT2D eigenvalue weighted by molar-refractivity contribution is -0.139. The first-order valence-corrected chi connectivity index (χ1v) is 14.0. The summed E-state index contributed by atoms with van der Waals surface area (Å²) in [7, 11) is -2.71. The van der Waals surface area contributed by atoms with Crippen molar-refractivity contribution in [2.75, 3.05) is 24.5 Å². The van der Waals surface area contributed by atoms with E-state index in [4.69, 9.17) is 16.3 Å². The van der Waals surface area contributed by atoms with Crippen LogP contribution >= 0.6 is 11.6 Å². The van der Waals surface area contributed by atoms with Gasteiger partial charge in [0, 0.05) is 18.6 Å². The van der Waals surface area contributed by atoms with E-state index in [0.29, 0.717) is 22.9 Å². The Bertz CT molecular complexity index is 1380. The van der Waals surface area contributed by atoms with Crippen LogP contribution in [0.25, 0.3) is 0 Å². The summed E-state index contributed by atoms with van der Waals surface area (Å²) >= 11 is 6.14. The zero-order valence-electron chi connectivity index (χ0n) is 21.8. The Balaban J connectivity index is 2.09. The zero-order chi connectivity index (χ0) is 27.9. The number of hydrogen-bond donors (Lipinski definition) is 1. The summed E-state index contributed by atoms with van der Waals surface area (Å²) in [5.74, 6) is -0.634. The van der Waals surface area contributed by atoms with E-state index in [-0.39, 0.29) is 23.0 Å². The topological polar surface area (TPSA) is 96.0 Å². The fraction of sp³-hybridized carbons (Fsp3) is 0.286. The normalized spacial score (nSPS) is 11.9. The van der Waals surface area contributed by atoms with Gasteiger partial charge in [-0.3, -0.25) is 13.9 Å². The molecule has 8 nitrogen and oxygen atoms in total. The number of halogens is 1. The van der Waals surface area contributed by atoms with Crippen molar-refractivity contribution < 1.29 is 22.7 Å². The second kappa shape index (κ2) is 12.8. The van der Waals surface area contributed by atoms with Gasteiger partial charge in [-0.25, -0.2) is 8.42 Å². The van der Waals surface area contributed by atoms with Gasteiger partial charge in [-0.05, 0) is 62.7 Å². The summed E-state index contributed by atoms with van der Waals surface area (Å²) in [4.78, 5) is 27.8. The molecule has 0 aliphatic heterocycles. The Labute approximate surface area is 229 Å². The van der Waals surface area contributed by atoms with Crippen LogP contribution < -0.4 is 14.4 Å². The molecule has 0 radical (unpaired) electrons. The standard InChI is InChI=1S/C28H32ClN3O5S/c1-5-37-26-12-7-6-11-25(26)32(38(35,36)24-15-13-20(2)14-16-24)19-27(33)31(21(3)28(34)30-4)18-22-9-8-10-23(29)17-22/h6-17,21H,5,18-19H2,1-4H3,(H,30,34)/t21-/m1/s1. The van der Waals surface area contributed by atoms with E-state index in [0.717, 1.165) is 9.87 Å². The number of ether oxygens (including phenoxy) is 1. The number of carbonyl (C=O) groups excluding carboxylic acids is 2. The molecular weight excluding hydrogens is 526 g/mol. The molecular formula is C28H32ClN3O5S.